The second-order valence-electron chi connectivity index (χ2n) is 7.02. The van der Waals surface area contributed by atoms with Crippen molar-refractivity contribution in [2.24, 2.45) is 5.92 Å². The van der Waals surface area contributed by atoms with E-state index in [1.54, 1.807) is 0 Å². The third-order valence-electron chi connectivity index (χ3n) is 4.51. The molecule has 0 bridgehead atoms. The molecule has 2 N–H and O–H groups in total. The molecule has 1 aliphatic rings. The van der Waals surface area contributed by atoms with Gasteiger partial charge in [-0.25, -0.2) is 9.18 Å². The van der Waals surface area contributed by atoms with E-state index in [9.17, 15) is 9.18 Å². The van der Waals surface area contributed by atoms with Gasteiger partial charge in [-0.05, 0) is 60.9 Å². The van der Waals surface area contributed by atoms with E-state index in [1.165, 1.54) is 36.4 Å². The minimum atomic E-state index is -0.363. The van der Waals surface area contributed by atoms with Crippen LogP contribution in [-0.4, -0.2) is 15.4 Å². The standard InChI is InChI=1S/C20H21FN4O/c1-13(2)11-18-19-12-24(25(18)19)17-9-7-16(8-10-17)23-20(26)22-15-5-3-14(21)4-6-15/h3-10,12-13,18H,11H2,1-2H3,(H2,22,23,26). The summed E-state index contributed by atoms with van der Waals surface area (Å²) in [4.78, 5) is 12.0. The van der Waals surface area contributed by atoms with Crippen molar-refractivity contribution in [3.05, 3.63) is 66.2 Å². The number of urea groups is 1. The minimum Gasteiger partial charge on any atom is -0.308 e. The van der Waals surface area contributed by atoms with Crippen molar-refractivity contribution < 1.29 is 9.18 Å². The lowest BCUT2D eigenvalue weighted by Gasteiger charge is -2.12. The summed E-state index contributed by atoms with van der Waals surface area (Å²) in [5.41, 5.74) is 3.71. The lowest BCUT2D eigenvalue weighted by Crippen LogP contribution is -2.19. The number of carbonyl (C=O) groups is 1. The first kappa shape index (κ1) is 16.4. The fourth-order valence-electron chi connectivity index (χ4n) is 3.18. The maximum atomic E-state index is 12.9. The molecule has 26 heavy (non-hydrogen) atoms. The first-order valence-corrected chi connectivity index (χ1v) is 8.75. The summed E-state index contributed by atoms with van der Waals surface area (Å²) in [5.74, 6) is 0.344. The molecular formula is C20H21FN4O. The molecule has 134 valence electrons. The molecule has 0 saturated heterocycles. The quantitative estimate of drug-likeness (QED) is 0.666. The molecule has 1 unspecified atom stereocenters. The van der Waals surface area contributed by atoms with Crippen LogP contribution in [0, 0.1) is 11.7 Å². The predicted octanol–water partition coefficient (Wildman–Crippen LogP) is 5.01. The van der Waals surface area contributed by atoms with E-state index in [4.69, 9.17) is 0 Å². The fraction of sp³-hybridized carbons (Fsp3) is 0.250. The SMILES string of the molecule is CC(C)CC1c2cn(-c3ccc(NC(=O)Nc4ccc(F)cc4)cc3)n21. The molecule has 1 aromatic heterocycles. The van der Waals surface area contributed by atoms with Gasteiger partial charge in [0.15, 0.2) is 0 Å². The average Bonchev–Trinajstić information content (AvgIpc) is 3.12. The number of nitrogens with one attached hydrogen (secondary N) is 2. The second kappa shape index (κ2) is 6.37. The van der Waals surface area contributed by atoms with Crippen molar-refractivity contribution in [2.75, 3.05) is 10.6 Å². The van der Waals surface area contributed by atoms with Crippen LogP contribution < -0.4 is 10.6 Å². The summed E-state index contributed by atoms with van der Waals surface area (Å²) >= 11 is 0. The Hall–Kier alpha value is -3.02. The zero-order valence-corrected chi connectivity index (χ0v) is 14.7. The van der Waals surface area contributed by atoms with E-state index in [-0.39, 0.29) is 11.8 Å². The van der Waals surface area contributed by atoms with Crippen molar-refractivity contribution in [1.29, 1.82) is 0 Å². The van der Waals surface area contributed by atoms with Crippen LogP contribution in [0.3, 0.4) is 0 Å². The number of benzene rings is 2. The summed E-state index contributed by atoms with van der Waals surface area (Å²) < 4.78 is 17.3. The molecule has 2 aromatic carbocycles. The number of rotatable bonds is 5. The van der Waals surface area contributed by atoms with E-state index < -0.39 is 0 Å². The highest BCUT2D eigenvalue weighted by molar-refractivity contribution is 5.99. The van der Waals surface area contributed by atoms with Crippen molar-refractivity contribution in [1.82, 2.24) is 9.36 Å². The van der Waals surface area contributed by atoms with Gasteiger partial charge in [-0.15, -0.1) is 0 Å². The van der Waals surface area contributed by atoms with Gasteiger partial charge in [-0.2, -0.15) is 0 Å². The Bertz CT molecular complexity index is 922. The van der Waals surface area contributed by atoms with Crippen molar-refractivity contribution >= 4 is 17.4 Å². The lowest BCUT2D eigenvalue weighted by molar-refractivity contribution is 0.262. The Kier molecular flexibility index (Phi) is 4.03. The number of halogens is 1. The topological polar surface area (TPSA) is 51.0 Å². The van der Waals surface area contributed by atoms with Gasteiger partial charge >= 0.3 is 6.03 Å². The van der Waals surface area contributed by atoms with E-state index in [1.807, 2.05) is 24.3 Å². The highest BCUT2D eigenvalue weighted by atomic mass is 19.1. The van der Waals surface area contributed by atoms with Crippen molar-refractivity contribution in [3.8, 4) is 5.69 Å². The van der Waals surface area contributed by atoms with Crippen LogP contribution >= 0.6 is 0 Å². The number of fused-ring (bicyclic) bond motifs is 1. The van der Waals surface area contributed by atoms with E-state index in [2.05, 4.69) is 40.0 Å². The molecular weight excluding hydrogens is 331 g/mol. The summed E-state index contributed by atoms with van der Waals surface area (Å²) in [6.45, 7) is 4.47. The number of hydrogen-bond donors (Lipinski definition) is 2. The molecule has 4 rings (SSSR count). The predicted molar refractivity (Wildman–Crippen MR) is 100 cm³/mol. The van der Waals surface area contributed by atoms with Crippen LogP contribution in [0.1, 0.15) is 32.0 Å². The molecule has 0 fully saturated rings. The van der Waals surface area contributed by atoms with Gasteiger partial charge in [-0.3, -0.25) is 9.36 Å². The molecule has 1 aliphatic heterocycles. The van der Waals surface area contributed by atoms with Gasteiger partial charge in [0.1, 0.15) is 5.82 Å². The van der Waals surface area contributed by atoms with E-state index >= 15 is 0 Å². The number of anilines is 2. The first-order chi connectivity index (χ1) is 12.5. The highest BCUT2D eigenvalue weighted by Crippen LogP contribution is 2.43. The molecule has 2 amide bonds. The molecule has 5 nitrogen and oxygen atoms in total. The minimum absolute atomic E-state index is 0.336. The molecule has 0 radical (unpaired) electrons. The third-order valence-corrected chi connectivity index (χ3v) is 4.51. The highest BCUT2D eigenvalue weighted by Gasteiger charge is 2.39. The summed E-state index contributed by atoms with van der Waals surface area (Å²) in [7, 11) is 0. The van der Waals surface area contributed by atoms with Crippen molar-refractivity contribution in [3.63, 3.8) is 0 Å². The van der Waals surface area contributed by atoms with Crippen molar-refractivity contribution in [2.45, 2.75) is 26.3 Å². The number of carbonyl (C=O) groups excluding carboxylic acids is 1. The molecule has 0 spiro atoms. The lowest BCUT2D eigenvalue weighted by atomic mass is 10.1. The second-order valence-corrected chi connectivity index (χ2v) is 7.02. The molecule has 6 heteroatoms. The largest absolute Gasteiger partial charge is 0.323 e. The Morgan fingerprint density at radius 1 is 1.04 bits per heavy atom. The number of aromatic nitrogens is 2. The Morgan fingerprint density at radius 3 is 2.19 bits per heavy atom. The summed E-state index contributed by atoms with van der Waals surface area (Å²) in [6, 6.07) is 13.5. The monoisotopic (exact) mass is 352 g/mol. The van der Waals surface area contributed by atoms with Crippen LogP contribution in [-0.2, 0) is 0 Å². The van der Waals surface area contributed by atoms with Gasteiger partial charge in [0, 0.05) is 11.4 Å². The summed E-state index contributed by atoms with van der Waals surface area (Å²) in [6.07, 6.45) is 3.34. The number of hydrogen-bond acceptors (Lipinski definition) is 1. The smallest absolute Gasteiger partial charge is 0.308 e. The third kappa shape index (κ3) is 3.22. The maximum Gasteiger partial charge on any atom is 0.323 e. The normalized spacial score (nSPS) is 15.0. The Labute approximate surface area is 151 Å². The fourth-order valence-corrected chi connectivity index (χ4v) is 3.18. The van der Waals surface area contributed by atoms with Crippen LogP contribution in [0.4, 0.5) is 20.6 Å². The number of amides is 2. The maximum absolute atomic E-state index is 12.9. The van der Waals surface area contributed by atoms with Gasteiger partial charge in [0.25, 0.3) is 0 Å². The molecule has 0 saturated carbocycles. The molecule has 2 heterocycles. The van der Waals surface area contributed by atoms with Gasteiger partial charge < -0.3 is 10.6 Å². The first-order valence-electron chi connectivity index (χ1n) is 8.75. The summed E-state index contributed by atoms with van der Waals surface area (Å²) in [5, 5.41) is 5.44. The number of nitrogens with zero attached hydrogens (tertiary/aromatic N) is 2. The van der Waals surface area contributed by atoms with E-state index in [0.29, 0.717) is 23.3 Å². The zero-order chi connectivity index (χ0) is 18.3. The van der Waals surface area contributed by atoms with E-state index in [0.717, 1.165) is 5.69 Å². The molecule has 1 atom stereocenters. The average molecular weight is 352 g/mol. The van der Waals surface area contributed by atoms with Gasteiger partial charge in [0.2, 0.25) is 0 Å². The van der Waals surface area contributed by atoms with Crippen LogP contribution in [0.15, 0.2) is 54.7 Å². The van der Waals surface area contributed by atoms with Gasteiger partial charge in [-0.1, -0.05) is 13.8 Å². The Balaban J connectivity index is 1.35. The molecule has 3 aromatic rings. The zero-order valence-electron chi connectivity index (χ0n) is 14.7. The van der Waals surface area contributed by atoms with Gasteiger partial charge in [0.05, 0.1) is 23.6 Å². The van der Waals surface area contributed by atoms with Crippen LogP contribution in [0.25, 0.3) is 5.69 Å². The van der Waals surface area contributed by atoms with Crippen LogP contribution in [0.2, 0.25) is 0 Å². The molecule has 0 aliphatic carbocycles. The van der Waals surface area contributed by atoms with Crippen LogP contribution in [0.5, 0.6) is 0 Å². The Morgan fingerprint density at radius 2 is 1.62 bits per heavy atom.